The van der Waals surface area contributed by atoms with Crippen LogP contribution < -0.4 is 10.5 Å². The Morgan fingerprint density at radius 2 is 1.88 bits per heavy atom. The van der Waals surface area contributed by atoms with Crippen LogP contribution in [-0.4, -0.2) is 27.3 Å². The summed E-state index contributed by atoms with van der Waals surface area (Å²) in [5, 5.41) is 0. The molecule has 1 rings (SSSR count). The fourth-order valence-corrected chi connectivity index (χ4v) is 3.09. The van der Waals surface area contributed by atoms with Crippen molar-refractivity contribution in [2.45, 2.75) is 30.7 Å². The first-order valence-electron chi connectivity index (χ1n) is 5.62. The van der Waals surface area contributed by atoms with E-state index in [1.165, 1.54) is 0 Å². The summed E-state index contributed by atoms with van der Waals surface area (Å²) < 4.78 is 29.0. The van der Waals surface area contributed by atoms with Crippen molar-refractivity contribution in [3.8, 4) is 5.75 Å². The normalized spacial score (nSPS) is 13.4. The van der Waals surface area contributed by atoms with Crippen LogP contribution in [0.3, 0.4) is 0 Å². The van der Waals surface area contributed by atoms with Crippen molar-refractivity contribution in [3.05, 3.63) is 24.3 Å². The second-order valence-electron chi connectivity index (χ2n) is 4.01. The molecule has 1 unspecified atom stereocenters. The van der Waals surface area contributed by atoms with E-state index in [9.17, 15) is 8.42 Å². The predicted octanol–water partition coefficient (Wildman–Crippen LogP) is 1.60. The molecule has 0 bridgehead atoms. The molecular formula is C12H19NO3S. The van der Waals surface area contributed by atoms with Gasteiger partial charge in [0, 0.05) is 6.04 Å². The van der Waals surface area contributed by atoms with Gasteiger partial charge in [0.05, 0.1) is 17.8 Å². The molecule has 0 saturated heterocycles. The van der Waals surface area contributed by atoms with Gasteiger partial charge in [-0.3, -0.25) is 0 Å². The van der Waals surface area contributed by atoms with E-state index in [0.717, 1.165) is 12.8 Å². The SMILES string of the molecule is CCCC(N)CS(=O)(=O)c1ccc(OC)cc1. The van der Waals surface area contributed by atoms with E-state index in [-0.39, 0.29) is 11.8 Å². The van der Waals surface area contributed by atoms with Crippen molar-refractivity contribution < 1.29 is 13.2 Å². The summed E-state index contributed by atoms with van der Waals surface area (Å²) in [5.41, 5.74) is 5.76. The molecule has 0 heterocycles. The number of hydrogen-bond acceptors (Lipinski definition) is 4. The van der Waals surface area contributed by atoms with Gasteiger partial charge in [0.15, 0.2) is 9.84 Å². The molecule has 5 heteroatoms. The van der Waals surface area contributed by atoms with Crippen LogP contribution in [0.4, 0.5) is 0 Å². The third kappa shape index (κ3) is 4.02. The van der Waals surface area contributed by atoms with E-state index in [4.69, 9.17) is 10.5 Å². The molecule has 0 spiro atoms. The molecule has 1 aromatic rings. The molecule has 0 aliphatic rings. The minimum absolute atomic E-state index is 0.00678. The molecule has 0 radical (unpaired) electrons. The van der Waals surface area contributed by atoms with Gasteiger partial charge < -0.3 is 10.5 Å². The van der Waals surface area contributed by atoms with Gasteiger partial charge in [-0.1, -0.05) is 13.3 Å². The first-order valence-corrected chi connectivity index (χ1v) is 7.27. The summed E-state index contributed by atoms with van der Waals surface area (Å²) in [5.74, 6) is 0.634. The molecule has 17 heavy (non-hydrogen) atoms. The average Bonchev–Trinajstić information content (AvgIpc) is 2.28. The maximum absolute atomic E-state index is 12.0. The van der Waals surface area contributed by atoms with Crippen LogP contribution in [0.5, 0.6) is 5.75 Å². The number of sulfone groups is 1. The summed E-state index contributed by atoms with van der Waals surface area (Å²) in [6.07, 6.45) is 1.61. The standard InChI is InChI=1S/C12H19NO3S/c1-3-4-10(13)9-17(14,15)12-7-5-11(16-2)6-8-12/h5-8,10H,3-4,9,13H2,1-2H3. The van der Waals surface area contributed by atoms with Crippen molar-refractivity contribution in [3.63, 3.8) is 0 Å². The number of methoxy groups -OCH3 is 1. The molecule has 0 aliphatic carbocycles. The van der Waals surface area contributed by atoms with E-state index >= 15 is 0 Å². The lowest BCUT2D eigenvalue weighted by Gasteiger charge is -2.11. The highest BCUT2D eigenvalue weighted by Gasteiger charge is 2.18. The van der Waals surface area contributed by atoms with Crippen LogP contribution in [0, 0.1) is 0 Å². The quantitative estimate of drug-likeness (QED) is 0.840. The maximum Gasteiger partial charge on any atom is 0.179 e. The molecule has 0 fully saturated rings. The number of ether oxygens (including phenoxy) is 1. The van der Waals surface area contributed by atoms with Crippen molar-refractivity contribution in [1.82, 2.24) is 0 Å². The average molecular weight is 257 g/mol. The van der Waals surface area contributed by atoms with Gasteiger partial charge in [0.25, 0.3) is 0 Å². The van der Waals surface area contributed by atoms with Crippen molar-refractivity contribution in [1.29, 1.82) is 0 Å². The summed E-state index contributed by atoms with van der Waals surface area (Å²) >= 11 is 0. The third-order valence-electron chi connectivity index (χ3n) is 2.51. The zero-order valence-corrected chi connectivity index (χ0v) is 11.0. The molecule has 2 N–H and O–H groups in total. The molecule has 96 valence electrons. The lowest BCUT2D eigenvalue weighted by Crippen LogP contribution is -2.29. The predicted molar refractivity (Wildman–Crippen MR) is 67.9 cm³/mol. The highest BCUT2D eigenvalue weighted by molar-refractivity contribution is 7.91. The van der Waals surface area contributed by atoms with Crippen molar-refractivity contribution in [2.75, 3.05) is 12.9 Å². The lowest BCUT2D eigenvalue weighted by atomic mass is 10.2. The van der Waals surface area contributed by atoms with E-state index in [1.54, 1.807) is 31.4 Å². The molecule has 1 atom stereocenters. The van der Waals surface area contributed by atoms with Gasteiger partial charge in [-0.15, -0.1) is 0 Å². The minimum Gasteiger partial charge on any atom is -0.497 e. The van der Waals surface area contributed by atoms with Gasteiger partial charge in [0.2, 0.25) is 0 Å². The first kappa shape index (κ1) is 14.0. The van der Waals surface area contributed by atoms with Crippen LogP contribution in [0.1, 0.15) is 19.8 Å². The molecule has 4 nitrogen and oxygen atoms in total. The Labute approximate surface area is 103 Å². The zero-order chi connectivity index (χ0) is 12.9. The van der Waals surface area contributed by atoms with E-state index in [2.05, 4.69) is 0 Å². The smallest absolute Gasteiger partial charge is 0.179 e. The van der Waals surface area contributed by atoms with Gasteiger partial charge in [-0.05, 0) is 30.7 Å². The Morgan fingerprint density at radius 1 is 1.29 bits per heavy atom. The second-order valence-corrected chi connectivity index (χ2v) is 6.04. The molecule has 0 aromatic heterocycles. The number of hydrogen-bond donors (Lipinski definition) is 1. The number of nitrogens with two attached hydrogens (primary N) is 1. The third-order valence-corrected chi connectivity index (χ3v) is 4.37. The monoisotopic (exact) mass is 257 g/mol. The van der Waals surface area contributed by atoms with E-state index in [1.807, 2.05) is 6.92 Å². The molecule has 1 aromatic carbocycles. The zero-order valence-electron chi connectivity index (χ0n) is 10.2. The fourth-order valence-electron chi connectivity index (χ4n) is 1.62. The summed E-state index contributed by atoms with van der Waals surface area (Å²) in [6, 6.07) is 6.07. The highest BCUT2D eigenvalue weighted by Crippen LogP contribution is 2.17. The summed E-state index contributed by atoms with van der Waals surface area (Å²) in [6.45, 7) is 1.99. The maximum atomic E-state index is 12.0. The van der Waals surface area contributed by atoms with Crippen LogP contribution in [0.15, 0.2) is 29.2 Å². The lowest BCUT2D eigenvalue weighted by molar-refractivity contribution is 0.414. The minimum atomic E-state index is -3.29. The van der Waals surface area contributed by atoms with Crippen molar-refractivity contribution >= 4 is 9.84 Å². The molecule has 0 aliphatic heterocycles. The Balaban J connectivity index is 2.82. The van der Waals surface area contributed by atoms with Gasteiger partial charge in [-0.2, -0.15) is 0 Å². The molecule has 0 amide bonds. The fraction of sp³-hybridized carbons (Fsp3) is 0.500. The first-order chi connectivity index (χ1) is 7.99. The Bertz CT molecular complexity index is 439. The summed E-state index contributed by atoms with van der Waals surface area (Å²) in [7, 11) is -1.74. The van der Waals surface area contributed by atoms with Gasteiger partial charge in [-0.25, -0.2) is 8.42 Å². The van der Waals surface area contributed by atoms with Crippen molar-refractivity contribution in [2.24, 2.45) is 5.73 Å². The van der Waals surface area contributed by atoms with Gasteiger partial charge >= 0.3 is 0 Å². The van der Waals surface area contributed by atoms with Crippen LogP contribution in [0.25, 0.3) is 0 Å². The van der Waals surface area contributed by atoms with E-state index in [0.29, 0.717) is 10.6 Å². The van der Waals surface area contributed by atoms with Crippen LogP contribution in [-0.2, 0) is 9.84 Å². The Kier molecular flexibility index (Phi) is 4.96. The Hall–Kier alpha value is -1.07. The van der Waals surface area contributed by atoms with E-state index < -0.39 is 9.84 Å². The Morgan fingerprint density at radius 3 is 2.35 bits per heavy atom. The summed E-state index contributed by atoms with van der Waals surface area (Å²) in [4.78, 5) is 0.296. The number of rotatable bonds is 6. The number of benzene rings is 1. The van der Waals surface area contributed by atoms with Gasteiger partial charge in [0.1, 0.15) is 5.75 Å². The topological polar surface area (TPSA) is 69.4 Å². The second kappa shape index (κ2) is 6.02. The molecule has 0 saturated carbocycles. The van der Waals surface area contributed by atoms with Crippen LogP contribution >= 0.6 is 0 Å². The highest BCUT2D eigenvalue weighted by atomic mass is 32.2. The van der Waals surface area contributed by atoms with Crippen LogP contribution in [0.2, 0.25) is 0 Å². The molecular weight excluding hydrogens is 238 g/mol. The largest absolute Gasteiger partial charge is 0.497 e.